The van der Waals surface area contributed by atoms with Gasteiger partial charge in [-0.1, -0.05) is 39.0 Å². The van der Waals surface area contributed by atoms with E-state index >= 15 is 0 Å². The van der Waals surface area contributed by atoms with Gasteiger partial charge in [0.25, 0.3) is 0 Å². The average Bonchev–Trinajstić information content (AvgIpc) is 2.50. The highest BCUT2D eigenvalue weighted by atomic mass is 15.0. The molecule has 23 heavy (non-hydrogen) atoms. The molecule has 0 aliphatic carbocycles. The number of benzene rings is 2. The SMILES string of the molecule is Cc1cc(C(C)(C)C)cc(-c2cnc3ccccc3[n+]2C)c1C. The van der Waals surface area contributed by atoms with Crippen LogP contribution in [0.4, 0.5) is 0 Å². The number of aromatic nitrogens is 2. The molecule has 0 saturated carbocycles. The van der Waals surface area contributed by atoms with Crippen LogP contribution in [0.3, 0.4) is 0 Å². The summed E-state index contributed by atoms with van der Waals surface area (Å²) in [7, 11) is 2.12. The molecule has 0 N–H and O–H groups in total. The van der Waals surface area contributed by atoms with Gasteiger partial charge in [-0.15, -0.1) is 0 Å². The topological polar surface area (TPSA) is 16.8 Å². The molecule has 1 aromatic heterocycles. The van der Waals surface area contributed by atoms with Crippen LogP contribution in [0.25, 0.3) is 22.3 Å². The largest absolute Gasteiger partial charge is 0.243 e. The lowest BCUT2D eigenvalue weighted by Crippen LogP contribution is -2.32. The maximum atomic E-state index is 4.66. The van der Waals surface area contributed by atoms with Gasteiger partial charge in [-0.2, -0.15) is 4.57 Å². The number of hydrogen-bond donors (Lipinski definition) is 0. The highest BCUT2D eigenvalue weighted by Crippen LogP contribution is 2.31. The lowest BCUT2D eigenvalue weighted by molar-refractivity contribution is -0.633. The minimum atomic E-state index is 0.135. The summed E-state index contributed by atoms with van der Waals surface area (Å²) < 4.78 is 2.25. The molecule has 0 spiro atoms. The maximum absolute atomic E-state index is 4.66. The van der Waals surface area contributed by atoms with Crippen LogP contribution in [-0.4, -0.2) is 4.98 Å². The van der Waals surface area contributed by atoms with Crippen LogP contribution >= 0.6 is 0 Å². The molecule has 0 fully saturated rings. The van der Waals surface area contributed by atoms with Crippen molar-refractivity contribution in [1.82, 2.24) is 4.98 Å². The molecule has 1 heterocycles. The Labute approximate surface area is 138 Å². The fourth-order valence-corrected chi connectivity index (χ4v) is 3.01. The van der Waals surface area contributed by atoms with E-state index in [0.29, 0.717) is 0 Å². The Bertz CT molecular complexity index is 886. The molecule has 0 radical (unpaired) electrons. The Morgan fingerprint density at radius 2 is 1.70 bits per heavy atom. The zero-order chi connectivity index (χ0) is 16.8. The van der Waals surface area contributed by atoms with Gasteiger partial charge in [-0.25, -0.2) is 4.98 Å². The van der Waals surface area contributed by atoms with Crippen LogP contribution in [0.2, 0.25) is 0 Å². The second-order valence-corrected chi connectivity index (χ2v) is 7.41. The molecular formula is C21H25N2+. The van der Waals surface area contributed by atoms with Gasteiger partial charge in [0.15, 0.2) is 0 Å². The molecule has 2 aromatic carbocycles. The maximum Gasteiger partial charge on any atom is 0.231 e. The minimum absolute atomic E-state index is 0.135. The summed E-state index contributed by atoms with van der Waals surface area (Å²) >= 11 is 0. The predicted octanol–water partition coefficient (Wildman–Crippen LogP) is 4.64. The normalized spacial score (nSPS) is 11.9. The van der Waals surface area contributed by atoms with Crippen LogP contribution in [0.1, 0.15) is 37.5 Å². The standard InChI is InChI=1S/C21H25N2/c1-14-11-16(21(3,4)5)12-17(15(14)2)20-13-22-18-9-7-8-10-19(18)23(20)6/h7-13H,1-6H3/q+1. The fraction of sp³-hybridized carbons (Fsp3) is 0.333. The van der Waals surface area contributed by atoms with Gasteiger partial charge in [0.05, 0.1) is 5.56 Å². The van der Waals surface area contributed by atoms with Crippen LogP contribution in [0, 0.1) is 13.8 Å². The molecule has 118 valence electrons. The summed E-state index contributed by atoms with van der Waals surface area (Å²) in [6, 6.07) is 12.9. The first kappa shape index (κ1) is 15.7. The van der Waals surface area contributed by atoms with Crippen LogP contribution in [-0.2, 0) is 12.5 Å². The molecule has 3 rings (SSSR count). The minimum Gasteiger partial charge on any atom is -0.243 e. The van der Waals surface area contributed by atoms with Crippen molar-refractivity contribution in [3.63, 3.8) is 0 Å². The van der Waals surface area contributed by atoms with Crippen molar-refractivity contribution in [2.45, 2.75) is 40.0 Å². The third-order valence-corrected chi connectivity index (χ3v) is 4.74. The van der Waals surface area contributed by atoms with Gasteiger partial charge in [-0.3, -0.25) is 0 Å². The van der Waals surface area contributed by atoms with Gasteiger partial charge in [0.1, 0.15) is 18.8 Å². The highest BCUT2D eigenvalue weighted by Gasteiger charge is 2.21. The summed E-state index contributed by atoms with van der Waals surface area (Å²) in [4.78, 5) is 4.66. The summed E-state index contributed by atoms with van der Waals surface area (Å²) in [5.41, 5.74) is 8.78. The van der Waals surface area contributed by atoms with E-state index in [2.05, 4.69) is 81.5 Å². The van der Waals surface area contributed by atoms with Crippen LogP contribution in [0.5, 0.6) is 0 Å². The Hall–Kier alpha value is -2.22. The number of aryl methyl sites for hydroxylation is 2. The Kier molecular flexibility index (Phi) is 3.71. The van der Waals surface area contributed by atoms with Crippen molar-refractivity contribution in [2.75, 3.05) is 0 Å². The molecule has 0 amide bonds. The number of para-hydroxylation sites is 2. The molecule has 3 aromatic rings. The van der Waals surface area contributed by atoms with Crippen LogP contribution in [0.15, 0.2) is 42.6 Å². The lowest BCUT2D eigenvalue weighted by atomic mass is 9.83. The molecule has 0 aliphatic heterocycles. The monoisotopic (exact) mass is 305 g/mol. The zero-order valence-corrected chi connectivity index (χ0v) is 14.9. The van der Waals surface area contributed by atoms with Crippen molar-refractivity contribution in [2.24, 2.45) is 7.05 Å². The summed E-state index contributed by atoms with van der Waals surface area (Å²) in [6.45, 7) is 11.2. The highest BCUT2D eigenvalue weighted by molar-refractivity contribution is 5.73. The van der Waals surface area contributed by atoms with Crippen molar-refractivity contribution in [3.8, 4) is 11.3 Å². The number of fused-ring (bicyclic) bond motifs is 1. The molecule has 2 heteroatoms. The number of nitrogens with zero attached hydrogens (tertiary/aromatic N) is 2. The van der Waals surface area contributed by atoms with Crippen LogP contribution < -0.4 is 4.57 Å². The average molecular weight is 305 g/mol. The molecular weight excluding hydrogens is 280 g/mol. The molecule has 0 bridgehead atoms. The second-order valence-electron chi connectivity index (χ2n) is 7.41. The van der Waals surface area contributed by atoms with E-state index in [1.807, 2.05) is 12.3 Å². The van der Waals surface area contributed by atoms with Crippen molar-refractivity contribution < 1.29 is 4.57 Å². The molecule has 0 unspecified atom stereocenters. The van der Waals surface area contributed by atoms with E-state index < -0.39 is 0 Å². The quantitative estimate of drug-likeness (QED) is 0.598. The van der Waals surface area contributed by atoms with E-state index in [0.717, 1.165) is 16.7 Å². The van der Waals surface area contributed by atoms with Gasteiger partial charge < -0.3 is 0 Å². The Morgan fingerprint density at radius 3 is 2.39 bits per heavy atom. The van der Waals surface area contributed by atoms with Gasteiger partial charge in [0.2, 0.25) is 11.2 Å². The van der Waals surface area contributed by atoms with Gasteiger partial charge >= 0.3 is 0 Å². The molecule has 2 nitrogen and oxygen atoms in total. The first-order valence-corrected chi connectivity index (χ1v) is 8.15. The molecule has 0 aliphatic rings. The first-order valence-electron chi connectivity index (χ1n) is 8.15. The van der Waals surface area contributed by atoms with Gasteiger partial charge in [0, 0.05) is 6.07 Å². The van der Waals surface area contributed by atoms with Crippen molar-refractivity contribution in [3.05, 3.63) is 59.3 Å². The second kappa shape index (κ2) is 5.45. The third kappa shape index (κ3) is 2.74. The zero-order valence-electron chi connectivity index (χ0n) is 14.9. The van der Waals surface area contributed by atoms with E-state index in [-0.39, 0.29) is 5.41 Å². The van der Waals surface area contributed by atoms with Crippen molar-refractivity contribution in [1.29, 1.82) is 0 Å². The summed E-state index contributed by atoms with van der Waals surface area (Å²) in [5, 5.41) is 0. The molecule has 0 saturated heterocycles. The number of rotatable bonds is 1. The Morgan fingerprint density at radius 1 is 1.00 bits per heavy atom. The van der Waals surface area contributed by atoms with Gasteiger partial charge in [-0.05, 0) is 48.1 Å². The fourth-order valence-electron chi connectivity index (χ4n) is 3.01. The Balaban J connectivity index is 2.30. The third-order valence-electron chi connectivity index (χ3n) is 4.74. The van der Waals surface area contributed by atoms with Crippen molar-refractivity contribution >= 4 is 11.0 Å². The van der Waals surface area contributed by atoms with E-state index in [9.17, 15) is 0 Å². The summed E-state index contributed by atoms with van der Waals surface area (Å²) in [5.74, 6) is 0. The smallest absolute Gasteiger partial charge is 0.231 e. The predicted molar refractivity (Wildman–Crippen MR) is 96.5 cm³/mol. The number of hydrogen-bond acceptors (Lipinski definition) is 1. The summed E-state index contributed by atoms with van der Waals surface area (Å²) in [6.07, 6.45) is 2.00. The molecule has 0 atom stereocenters. The van der Waals surface area contributed by atoms with E-state index in [1.54, 1.807) is 0 Å². The van der Waals surface area contributed by atoms with E-state index in [1.165, 1.54) is 22.3 Å². The first-order chi connectivity index (χ1) is 10.8. The van der Waals surface area contributed by atoms with E-state index in [4.69, 9.17) is 0 Å². The lowest BCUT2D eigenvalue weighted by Gasteiger charge is -2.22.